The number of aromatic nitrogens is 4. The van der Waals surface area contributed by atoms with E-state index in [0.29, 0.717) is 41.3 Å². The molecule has 0 radical (unpaired) electrons. The van der Waals surface area contributed by atoms with Gasteiger partial charge < -0.3 is 20.8 Å². The van der Waals surface area contributed by atoms with E-state index in [-0.39, 0.29) is 18.6 Å². The maximum atomic E-state index is 12.7. The minimum absolute atomic E-state index is 0.0887. The van der Waals surface area contributed by atoms with Gasteiger partial charge in [-0.1, -0.05) is 0 Å². The van der Waals surface area contributed by atoms with Crippen LogP contribution in [0.4, 0.5) is 5.69 Å². The summed E-state index contributed by atoms with van der Waals surface area (Å²) in [5.74, 6) is -0.308. The lowest BCUT2D eigenvalue weighted by atomic mass is 10.1. The molecule has 0 aliphatic carbocycles. The molecule has 1 atom stereocenters. The van der Waals surface area contributed by atoms with Crippen molar-refractivity contribution in [3.8, 4) is 11.4 Å². The molecule has 0 aliphatic rings. The largest absolute Gasteiger partial charge is 0.394 e. The predicted molar refractivity (Wildman–Crippen MR) is 110 cm³/mol. The highest BCUT2D eigenvalue weighted by Crippen LogP contribution is 2.24. The summed E-state index contributed by atoms with van der Waals surface area (Å²) in [4.78, 5) is 21.4. The van der Waals surface area contributed by atoms with Crippen molar-refractivity contribution in [3.63, 3.8) is 0 Å². The second-order valence-corrected chi connectivity index (χ2v) is 7.60. The molecule has 3 aromatic heterocycles. The van der Waals surface area contributed by atoms with E-state index in [1.54, 1.807) is 42.9 Å². The summed E-state index contributed by atoms with van der Waals surface area (Å²) in [5.41, 5.74) is 2.01. The summed E-state index contributed by atoms with van der Waals surface area (Å²) < 4.78 is 1.67. The van der Waals surface area contributed by atoms with Crippen LogP contribution in [0.5, 0.6) is 0 Å². The number of hydrogen-bond acceptors (Lipinski definition) is 7. The molecular formula is C20H26N6O3. The molecule has 0 aliphatic heterocycles. The molecule has 0 saturated heterocycles. The number of hydrogen-bond donors (Lipinski definition) is 4. The fraction of sp³-hybridized carbons (Fsp3) is 0.400. The fourth-order valence-corrected chi connectivity index (χ4v) is 2.79. The van der Waals surface area contributed by atoms with E-state index in [2.05, 4.69) is 25.7 Å². The SMILES string of the molecule is CC(CO)Nc1cc(-c2cnc3cccnn23)ncc1C(=O)NCCC(C)(C)O. The monoisotopic (exact) mass is 398 g/mol. The smallest absolute Gasteiger partial charge is 0.254 e. The van der Waals surface area contributed by atoms with Crippen LogP contribution in [0.1, 0.15) is 37.6 Å². The zero-order valence-corrected chi connectivity index (χ0v) is 16.8. The van der Waals surface area contributed by atoms with Crippen LogP contribution in [-0.4, -0.2) is 60.5 Å². The Balaban J connectivity index is 1.91. The normalized spacial score (nSPS) is 12.7. The molecule has 3 aromatic rings. The number of carbonyl (C=O) groups excluding carboxylic acids is 1. The number of nitrogens with zero attached hydrogens (tertiary/aromatic N) is 4. The topological polar surface area (TPSA) is 125 Å². The molecular weight excluding hydrogens is 372 g/mol. The van der Waals surface area contributed by atoms with Gasteiger partial charge in [-0.3, -0.25) is 9.78 Å². The van der Waals surface area contributed by atoms with Crippen molar-refractivity contribution in [3.05, 3.63) is 42.4 Å². The Morgan fingerprint density at radius 3 is 2.83 bits per heavy atom. The minimum atomic E-state index is -0.863. The van der Waals surface area contributed by atoms with Crippen molar-refractivity contribution in [1.82, 2.24) is 24.9 Å². The highest BCUT2D eigenvalue weighted by molar-refractivity contribution is 5.99. The van der Waals surface area contributed by atoms with Gasteiger partial charge >= 0.3 is 0 Å². The van der Waals surface area contributed by atoms with Gasteiger partial charge in [-0.25, -0.2) is 9.50 Å². The molecule has 1 unspecified atom stereocenters. The molecule has 9 nitrogen and oxygen atoms in total. The lowest BCUT2D eigenvalue weighted by Crippen LogP contribution is -2.31. The van der Waals surface area contributed by atoms with Crippen LogP contribution in [0.3, 0.4) is 0 Å². The number of aliphatic hydroxyl groups excluding tert-OH is 1. The van der Waals surface area contributed by atoms with E-state index >= 15 is 0 Å². The molecule has 3 heterocycles. The fourth-order valence-electron chi connectivity index (χ4n) is 2.79. The standard InChI is InChI=1S/C20H26N6O3/c1-13(12-27)25-15-9-16(17-11-23-18-5-4-7-24-26(17)18)22-10-14(15)19(28)21-8-6-20(2,3)29/h4-5,7,9-11,13,27,29H,6,8,12H2,1-3H3,(H,21,28)(H,22,25). The maximum Gasteiger partial charge on any atom is 0.254 e. The van der Waals surface area contributed by atoms with Gasteiger partial charge in [-0.2, -0.15) is 5.10 Å². The Morgan fingerprint density at radius 2 is 2.10 bits per heavy atom. The van der Waals surface area contributed by atoms with Crippen molar-refractivity contribution < 1.29 is 15.0 Å². The number of rotatable bonds is 8. The van der Waals surface area contributed by atoms with E-state index < -0.39 is 5.60 Å². The Kier molecular flexibility index (Phi) is 6.09. The van der Waals surface area contributed by atoms with E-state index in [4.69, 9.17) is 0 Å². The lowest BCUT2D eigenvalue weighted by Gasteiger charge is -2.19. The zero-order chi connectivity index (χ0) is 21.0. The number of carbonyl (C=O) groups is 1. The molecule has 0 saturated carbocycles. The van der Waals surface area contributed by atoms with E-state index in [1.165, 1.54) is 6.20 Å². The molecule has 0 spiro atoms. The van der Waals surface area contributed by atoms with E-state index in [1.807, 2.05) is 13.0 Å². The van der Waals surface area contributed by atoms with Gasteiger partial charge in [0.15, 0.2) is 5.65 Å². The molecule has 0 bridgehead atoms. The maximum absolute atomic E-state index is 12.7. The van der Waals surface area contributed by atoms with Crippen LogP contribution < -0.4 is 10.6 Å². The molecule has 0 aromatic carbocycles. The number of amides is 1. The first-order valence-electron chi connectivity index (χ1n) is 9.45. The zero-order valence-electron chi connectivity index (χ0n) is 16.8. The molecule has 1 amide bonds. The van der Waals surface area contributed by atoms with Crippen LogP contribution >= 0.6 is 0 Å². The number of anilines is 1. The van der Waals surface area contributed by atoms with Gasteiger partial charge in [0.2, 0.25) is 0 Å². The Bertz CT molecular complexity index is 995. The molecule has 154 valence electrons. The van der Waals surface area contributed by atoms with Gasteiger partial charge in [0.25, 0.3) is 5.91 Å². The van der Waals surface area contributed by atoms with Gasteiger partial charge in [-0.05, 0) is 45.4 Å². The van der Waals surface area contributed by atoms with Crippen LogP contribution in [0.2, 0.25) is 0 Å². The van der Waals surface area contributed by atoms with Crippen molar-refractivity contribution in [2.24, 2.45) is 0 Å². The molecule has 29 heavy (non-hydrogen) atoms. The van der Waals surface area contributed by atoms with Crippen molar-refractivity contribution >= 4 is 17.2 Å². The highest BCUT2D eigenvalue weighted by Gasteiger charge is 2.18. The molecule has 4 N–H and O–H groups in total. The van der Waals surface area contributed by atoms with Crippen LogP contribution in [-0.2, 0) is 0 Å². The summed E-state index contributed by atoms with van der Waals surface area (Å²) in [6.45, 7) is 5.43. The molecule has 0 fully saturated rings. The number of imidazole rings is 1. The van der Waals surface area contributed by atoms with Crippen molar-refractivity contribution in [2.75, 3.05) is 18.5 Å². The van der Waals surface area contributed by atoms with Gasteiger partial charge in [-0.15, -0.1) is 0 Å². The quantitative estimate of drug-likeness (QED) is 0.453. The third kappa shape index (κ3) is 5.07. The van der Waals surface area contributed by atoms with Crippen LogP contribution in [0.15, 0.2) is 36.8 Å². The van der Waals surface area contributed by atoms with Crippen LogP contribution in [0.25, 0.3) is 17.0 Å². The summed E-state index contributed by atoms with van der Waals surface area (Å²) in [6.07, 6.45) is 5.25. The third-order valence-electron chi connectivity index (χ3n) is 4.39. The minimum Gasteiger partial charge on any atom is -0.394 e. The second kappa shape index (κ2) is 8.54. The predicted octanol–water partition coefficient (Wildman–Crippen LogP) is 1.47. The number of pyridine rings is 1. The first kappa shape index (κ1) is 20.7. The summed E-state index contributed by atoms with van der Waals surface area (Å²) in [7, 11) is 0. The van der Waals surface area contributed by atoms with Gasteiger partial charge in [0, 0.05) is 25.0 Å². The summed E-state index contributed by atoms with van der Waals surface area (Å²) in [6, 6.07) is 5.13. The third-order valence-corrected chi connectivity index (χ3v) is 4.39. The van der Waals surface area contributed by atoms with Gasteiger partial charge in [0.1, 0.15) is 5.69 Å². The number of aliphatic hydroxyl groups is 2. The molecule has 3 rings (SSSR count). The number of nitrogens with one attached hydrogen (secondary N) is 2. The Morgan fingerprint density at radius 1 is 1.31 bits per heavy atom. The van der Waals surface area contributed by atoms with Gasteiger partial charge in [0.05, 0.1) is 35.3 Å². The average Bonchev–Trinajstić information content (AvgIpc) is 3.11. The lowest BCUT2D eigenvalue weighted by molar-refractivity contribution is 0.0693. The second-order valence-electron chi connectivity index (χ2n) is 7.60. The van der Waals surface area contributed by atoms with Crippen LogP contribution in [0, 0.1) is 0 Å². The first-order valence-corrected chi connectivity index (χ1v) is 9.45. The van der Waals surface area contributed by atoms with E-state index in [9.17, 15) is 15.0 Å². The average molecular weight is 398 g/mol. The highest BCUT2D eigenvalue weighted by atomic mass is 16.3. The van der Waals surface area contributed by atoms with E-state index in [0.717, 1.165) is 0 Å². The first-order chi connectivity index (χ1) is 13.8. The summed E-state index contributed by atoms with van der Waals surface area (Å²) in [5, 5.41) is 29.5. The molecule has 9 heteroatoms. The number of fused-ring (bicyclic) bond motifs is 1. The summed E-state index contributed by atoms with van der Waals surface area (Å²) >= 11 is 0. The van der Waals surface area contributed by atoms with Crippen molar-refractivity contribution in [1.29, 1.82) is 0 Å². The van der Waals surface area contributed by atoms with Crippen molar-refractivity contribution in [2.45, 2.75) is 38.8 Å². The Labute approximate surface area is 168 Å². The Hall–Kier alpha value is -3.04.